The molecule has 0 unspecified atom stereocenters. The molecular formula is C15H16N2O4. The summed E-state index contributed by atoms with van der Waals surface area (Å²) in [6.45, 7) is 5.10. The first-order valence-electron chi connectivity index (χ1n) is 6.43. The Labute approximate surface area is 122 Å². The molecule has 0 saturated heterocycles. The zero-order valence-corrected chi connectivity index (χ0v) is 12.1. The molecule has 1 aromatic carbocycles. The summed E-state index contributed by atoms with van der Waals surface area (Å²) in [4.78, 5) is 23.5. The number of aryl methyl sites for hydroxylation is 3. The van der Waals surface area contributed by atoms with Crippen LogP contribution in [-0.2, 0) is 9.53 Å². The van der Waals surface area contributed by atoms with Crippen molar-refractivity contribution >= 4 is 17.7 Å². The lowest BCUT2D eigenvalue weighted by molar-refractivity contribution is -0.119. The highest BCUT2D eigenvalue weighted by Crippen LogP contribution is 2.12. The average molecular weight is 288 g/mol. The number of ether oxygens (including phenoxy) is 1. The molecule has 6 heteroatoms. The summed E-state index contributed by atoms with van der Waals surface area (Å²) >= 11 is 0. The fourth-order valence-electron chi connectivity index (χ4n) is 1.86. The smallest absolute Gasteiger partial charge is 0.338 e. The SMILES string of the molecule is Cc1ccc(C(=O)OCC(=O)Nc2cc(C)on2)c(C)c1. The molecule has 1 N–H and O–H groups in total. The number of nitrogens with one attached hydrogen (secondary N) is 1. The molecule has 2 rings (SSSR count). The topological polar surface area (TPSA) is 81.4 Å². The number of benzene rings is 1. The van der Waals surface area contributed by atoms with Gasteiger partial charge < -0.3 is 14.6 Å². The van der Waals surface area contributed by atoms with Crippen LogP contribution >= 0.6 is 0 Å². The normalized spacial score (nSPS) is 10.2. The second kappa shape index (κ2) is 6.21. The number of carbonyl (C=O) groups excluding carboxylic acids is 2. The van der Waals surface area contributed by atoms with Crippen LogP contribution in [0.4, 0.5) is 5.82 Å². The van der Waals surface area contributed by atoms with Crippen LogP contribution in [0, 0.1) is 20.8 Å². The molecule has 2 aromatic rings. The molecule has 1 heterocycles. The molecular weight excluding hydrogens is 272 g/mol. The standard InChI is InChI=1S/C15H16N2O4/c1-9-4-5-12(10(2)6-9)15(19)20-8-14(18)16-13-7-11(3)21-17-13/h4-7H,8H2,1-3H3,(H,16,17,18). The van der Waals surface area contributed by atoms with Crippen LogP contribution in [0.5, 0.6) is 0 Å². The van der Waals surface area contributed by atoms with Crippen LogP contribution in [0.3, 0.4) is 0 Å². The lowest BCUT2D eigenvalue weighted by Gasteiger charge is -2.07. The predicted octanol–water partition coefficient (Wildman–Crippen LogP) is 2.40. The third-order valence-electron chi connectivity index (χ3n) is 2.83. The third kappa shape index (κ3) is 3.92. The van der Waals surface area contributed by atoms with Gasteiger partial charge in [-0.25, -0.2) is 4.79 Å². The largest absolute Gasteiger partial charge is 0.452 e. The molecule has 0 aliphatic carbocycles. The van der Waals surface area contributed by atoms with Crippen molar-refractivity contribution in [2.45, 2.75) is 20.8 Å². The van der Waals surface area contributed by atoms with Crippen molar-refractivity contribution in [1.29, 1.82) is 0 Å². The number of carbonyl (C=O) groups is 2. The Kier molecular flexibility index (Phi) is 4.37. The number of anilines is 1. The molecule has 1 aromatic heterocycles. The highest BCUT2D eigenvalue weighted by Gasteiger charge is 2.13. The summed E-state index contributed by atoms with van der Waals surface area (Å²) in [5.74, 6) is -0.127. The molecule has 110 valence electrons. The summed E-state index contributed by atoms with van der Waals surface area (Å²) < 4.78 is 9.79. The van der Waals surface area contributed by atoms with Gasteiger partial charge in [-0.3, -0.25) is 4.79 Å². The lowest BCUT2D eigenvalue weighted by Crippen LogP contribution is -2.21. The zero-order chi connectivity index (χ0) is 15.4. The second-order valence-corrected chi connectivity index (χ2v) is 4.77. The molecule has 0 radical (unpaired) electrons. The summed E-state index contributed by atoms with van der Waals surface area (Å²) in [5.41, 5.74) is 2.32. The van der Waals surface area contributed by atoms with E-state index in [2.05, 4.69) is 10.5 Å². The highest BCUT2D eigenvalue weighted by atomic mass is 16.5. The minimum Gasteiger partial charge on any atom is -0.452 e. The van der Waals surface area contributed by atoms with Gasteiger partial charge in [0.15, 0.2) is 12.4 Å². The van der Waals surface area contributed by atoms with Crippen LogP contribution < -0.4 is 5.32 Å². The number of amides is 1. The first-order chi connectivity index (χ1) is 9.95. The van der Waals surface area contributed by atoms with E-state index in [1.54, 1.807) is 19.1 Å². The summed E-state index contributed by atoms with van der Waals surface area (Å²) in [5, 5.41) is 6.09. The van der Waals surface area contributed by atoms with Gasteiger partial charge in [0.25, 0.3) is 5.91 Å². The third-order valence-corrected chi connectivity index (χ3v) is 2.83. The fraction of sp³-hybridized carbons (Fsp3) is 0.267. The van der Waals surface area contributed by atoms with E-state index >= 15 is 0 Å². The van der Waals surface area contributed by atoms with Crippen molar-refractivity contribution in [1.82, 2.24) is 5.16 Å². The Morgan fingerprint density at radius 3 is 2.62 bits per heavy atom. The van der Waals surface area contributed by atoms with E-state index in [0.717, 1.165) is 11.1 Å². The Morgan fingerprint density at radius 1 is 1.24 bits per heavy atom. The van der Waals surface area contributed by atoms with Crippen molar-refractivity contribution in [2.24, 2.45) is 0 Å². The van der Waals surface area contributed by atoms with Gasteiger partial charge in [-0.15, -0.1) is 0 Å². The van der Waals surface area contributed by atoms with E-state index in [9.17, 15) is 9.59 Å². The molecule has 0 aliphatic rings. The Hall–Kier alpha value is -2.63. The number of hydrogen-bond acceptors (Lipinski definition) is 5. The molecule has 0 spiro atoms. The summed E-state index contributed by atoms with van der Waals surface area (Å²) in [6.07, 6.45) is 0. The Balaban J connectivity index is 1.90. The van der Waals surface area contributed by atoms with Gasteiger partial charge in [0.1, 0.15) is 5.76 Å². The Bertz CT molecular complexity index is 676. The maximum atomic E-state index is 11.9. The molecule has 0 bridgehead atoms. The molecule has 0 aliphatic heterocycles. The maximum Gasteiger partial charge on any atom is 0.338 e. The van der Waals surface area contributed by atoms with Gasteiger partial charge in [-0.2, -0.15) is 0 Å². The number of hydrogen-bond donors (Lipinski definition) is 1. The van der Waals surface area contributed by atoms with Gasteiger partial charge in [0, 0.05) is 6.07 Å². The molecule has 1 amide bonds. The van der Waals surface area contributed by atoms with Crippen molar-refractivity contribution in [3.63, 3.8) is 0 Å². The van der Waals surface area contributed by atoms with E-state index in [1.165, 1.54) is 0 Å². The van der Waals surface area contributed by atoms with Crippen LogP contribution in [0.15, 0.2) is 28.8 Å². The Morgan fingerprint density at radius 2 is 2.00 bits per heavy atom. The maximum absolute atomic E-state index is 11.9. The van der Waals surface area contributed by atoms with E-state index in [4.69, 9.17) is 9.26 Å². The number of rotatable bonds is 4. The number of nitrogens with zero attached hydrogens (tertiary/aromatic N) is 1. The quantitative estimate of drug-likeness (QED) is 0.874. The highest BCUT2D eigenvalue weighted by molar-refractivity contribution is 5.95. The van der Waals surface area contributed by atoms with Gasteiger partial charge in [-0.1, -0.05) is 22.9 Å². The fourth-order valence-corrected chi connectivity index (χ4v) is 1.86. The average Bonchev–Trinajstić information content (AvgIpc) is 2.81. The first-order valence-corrected chi connectivity index (χ1v) is 6.43. The zero-order valence-electron chi connectivity index (χ0n) is 12.1. The van der Waals surface area contributed by atoms with Gasteiger partial charge in [0.05, 0.1) is 5.56 Å². The van der Waals surface area contributed by atoms with Crippen LogP contribution in [0.1, 0.15) is 27.2 Å². The minimum absolute atomic E-state index is 0.292. The monoisotopic (exact) mass is 288 g/mol. The molecule has 0 fully saturated rings. The lowest BCUT2D eigenvalue weighted by atomic mass is 10.1. The van der Waals surface area contributed by atoms with Crippen molar-refractivity contribution < 1.29 is 18.8 Å². The van der Waals surface area contributed by atoms with E-state index in [0.29, 0.717) is 17.1 Å². The number of esters is 1. The van der Waals surface area contributed by atoms with Crippen molar-refractivity contribution in [2.75, 3.05) is 11.9 Å². The second-order valence-electron chi connectivity index (χ2n) is 4.77. The summed E-state index contributed by atoms with van der Waals surface area (Å²) in [6, 6.07) is 6.96. The van der Waals surface area contributed by atoms with Crippen LogP contribution in [0.25, 0.3) is 0 Å². The van der Waals surface area contributed by atoms with Crippen LogP contribution in [0.2, 0.25) is 0 Å². The predicted molar refractivity (Wildman–Crippen MR) is 76.1 cm³/mol. The summed E-state index contributed by atoms with van der Waals surface area (Å²) in [7, 11) is 0. The van der Waals surface area contributed by atoms with Gasteiger partial charge in [-0.05, 0) is 32.4 Å². The van der Waals surface area contributed by atoms with Crippen LogP contribution in [-0.4, -0.2) is 23.6 Å². The van der Waals surface area contributed by atoms with Gasteiger partial charge >= 0.3 is 5.97 Å². The van der Waals surface area contributed by atoms with E-state index in [1.807, 2.05) is 26.0 Å². The molecule has 0 atom stereocenters. The van der Waals surface area contributed by atoms with E-state index < -0.39 is 11.9 Å². The molecule has 0 saturated carbocycles. The number of aromatic nitrogens is 1. The van der Waals surface area contributed by atoms with Crippen molar-refractivity contribution in [3.05, 3.63) is 46.7 Å². The molecule has 6 nitrogen and oxygen atoms in total. The van der Waals surface area contributed by atoms with Crippen molar-refractivity contribution in [3.8, 4) is 0 Å². The van der Waals surface area contributed by atoms with Gasteiger partial charge in [0.2, 0.25) is 0 Å². The molecule has 21 heavy (non-hydrogen) atoms. The minimum atomic E-state index is -0.529. The van der Waals surface area contributed by atoms with E-state index in [-0.39, 0.29) is 6.61 Å². The first kappa shape index (κ1) is 14.8.